The molecule has 0 unspecified atom stereocenters. The highest BCUT2D eigenvalue weighted by atomic mass is 35.5. The lowest BCUT2D eigenvalue weighted by Gasteiger charge is -2.13. The number of aryl methyl sites for hydroxylation is 1. The summed E-state index contributed by atoms with van der Waals surface area (Å²) < 4.78 is 5.80. The van der Waals surface area contributed by atoms with Crippen LogP contribution in [0.2, 0.25) is 5.02 Å². The molecular formula is C15H19ClN4O. The van der Waals surface area contributed by atoms with E-state index in [1.807, 2.05) is 31.2 Å². The third-order valence-corrected chi connectivity index (χ3v) is 3.30. The summed E-state index contributed by atoms with van der Waals surface area (Å²) in [5.41, 5.74) is 4.41. The second kappa shape index (κ2) is 7.24. The number of nitrogens with zero attached hydrogens (tertiary/aromatic N) is 2. The fourth-order valence-electron chi connectivity index (χ4n) is 1.89. The van der Waals surface area contributed by atoms with Crippen LogP contribution >= 0.6 is 11.6 Å². The third-order valence-electron chi connectivity index (χ3n) is 3.05. The van der Waals surface area contributed by atoms with Crippen LogP contribution < -0.4 is 16.0 Å². The van der Waals surface area contributed by atoms with Gasteiger partial charge >= 0.3 is 0 Å². The van der Waals surface area contributed by atoms with Gasteiger partial charge in [-0.15, -0.1) is 0 Å². The van der Waals surface area contributed by atoms with Gasteiger partial charge in [-0.05, 0) is 31.0 Å². The Kier molecular flexibility index (Phi) is 5.36. The molecule has 0 amide bonds. The summed E-state index contributed by atoms with van der Waals surface area (Å²) in [5.74, 6) is 7.37. The molecule has 1 heterocycles. The molecule has 0 radical (unpaired) electrons. The van der Waals surface area contributed by atoms with Crippen molar-refractivity contribution in [1.29, 1.82) is 0 Å². The van der Waals surface area contributed by atoms with Gasteiger partial charge < -0.3 is 10.2 Å². The molecule has 0 atom stereocenters. The molecular weight excluding hydrogens is 288 g/mol. The first-order chi connectivity index (χ1) is 10.1. The highest BCUT2D eigenvalue weighted by molar-refractivity contribution is 6.30. The molecule has 0 aliphatic rings. The summed E-state index contributed by atoms with van der Waals surface area (Å²) in [7, 11) is 0. The van der Waals surface area contributed by atoms with Crippen molar-refractivity contribution in [3.05, 3.63) is 46.2 Å². The van der Waals surface area contributed by atoms with E-state index in [0.717, 1.165) is 29.8 Å². The van der Waals surface area contributed by atoms with E-state index in [1.54, 1.807) is 0 Å². The Morgan fingerprint density at radius 3 is 2.57 bits per heavy atom. The molecule has 2 aromatic rings. The SMILES string of the molecule is CCCc1nc(NN)c(C)c(OCc2ccc(Cl)cc2)n1. The maximum Gasteiger partial charge on any atom is 0.222 e. The molecule has 1 aromatic carbocycles. The fraction of sp³-hybridized carbons (Fsp3) is 0.333. The van der Waals surface area contributed by atoms with Crippen molar-refractivity contribution >= 4 is 17.4 Å². The Morgan fingerprint density at radius 2 is 1.95 bits per heavy atom. The van der Waals surface area contributed by atoms with Crippen LogP contribution in [0.25, 0.3) is 0 Å². The van der Waals surface area contributed by atoms with Crippen molar-refractivity contribution in [2.75, 3.05) is 5.43 Å². The van der Waals surface area contributed by atoms with Gasteiger partial charge in [0.15, 0.2) is 0 Å². The fourth-order valence-corrected chi connectivity index (χ4v) is 2.02. The molecule has 0 saturated carbocycles. The monoisotopic (exact) mass is 306 g/mol. The van der Waals surface area contributed by atoms with Gasteiger partial charge in [0.05, 0.1) is 5.56 Å². The van der Waals surface area contributed by atoms with Gasteiger partial charge in [0.25, 0.3) is 0 Å². The highest BCUT2D eigenvalue weighted by Crippen LogP contribution is 2.23. The smallest absolute Gasteiger partial charge is 0.222 e. The topological polar surface area (TPSA) is 73.1 Å². The second-order valence-electron chi connectivity index (χ2n) is 4.73. The van der Waals surface area contributed by atoms with E-state index in [-0.39, 0.29) is 0 Å². The van der Waals surface area contributed by atoms with Crippen LogP contribution in [0.3, 0.4) is 0 Å². The summed E-state index contributed by atoms with van der Waals surface area (Å²) in [5, 5.41) is 0.705. The molecule has 1 aromatic heterocycles. The van der Waals surface area contributed by atoms with E-state index in [9.17, 15) is 0 Å². The molecule has 0 saturated heterocycles. The van der Waals surface area contributed by atoms with E-state index in [2.05, 4.69) is 22.3 Å². The number of rotatable bonds is 6. The zero-order valence-electron chi connectivity index (χ0n) is 12.2. The van der Waals surface area contributed by atoms with Gasteiger partial charge in [0, 0.05) is 11.4 Å². The van der Waals surface area contributed by atoms with Crippen molar-refractivity contribution in [3.63, 3.8) is 0 Å². The average Bonchev–Trinajstić information content (AvgIpc) is 2.49. The number of halogens is 1. The maximum absolute atomic E-state index is 5.87. The quantitative estimate of drug-likeness (QED) is 0.633. The minimum Gasteiger partial charge on any atom is -0.472 e. The predicted molar refractivity (Wildman–Crippen MR) is 84.4 cm³/mol. The lowest BCUT2D eigenvalue weighted by atomic mass is 10.2. The molecule has 0 aliphatic carbocycles. The summed E-state index contributed by atoms with van der Waals surface area (Å²) >= 11 is 5.87. The molecule has 0 spiro atoms. The zero-order chi connectivity index (χ0) is 15.2. The number of ether oxygens (including phenoxy) is 1. The van der Waals surface area contributed by atoms with Gasteiger partial charge in [0.1, 0.15) is 18.2 Å². The number of nitrogens with two attached hydrogens (primary N) is 1. The highest BCUT2D eigenvalue weighted by Gasteiger charge is 2.11. The van der Waals surface area contributed by atoms with Gasteiger partial charge in [-0.1, -0.05) is 30.7 Å². The van der Waals surface area contributed by atoms with Gasteiger partial charge in [0.2, 0.25) is 5.88 Å². The van der Waals surface area contributed by atoms with Crippen molar-refractivity contribution in [2.45, 2.75) is 33.3 Å². The lowest BCUT2D eigenvalue weighted by Crippen LogP contribution is -2.14. The van der Waals surface area contributed by atoms with Crippen LogP contribution in [-0.4, -0.2) is 9.97 Å². The van der Waals surface area contributed by atoms with E-state index < -0.39 is 0 Å². The first-order valence-electron chi connectivity index (χ1n) is 6.85. The molecule has 0 fully saturated rings. The van der Waals surface area contributed by atoms with Gasteiger partial charge in [-0.2, -0.15) is 4.98 Å². The second-order valence-corrected chi connectivity index (χ2v) is 5.16. The average molecular weight is 307 g/mol. The Balaban J connectivity index is 2.17. The number of benzene rings is 1. The normalized spacial score (nSPS) is 10.5. The van der Waals surface area contributed by atoms with Crippen LogP contribution in [0.4, 0.5) is 5.82 Å². The van der Waals surface area contributed by atoms with Crippen LogP contribution in [0.5, 0.6) is 5.88 Å². The van der Waals surface area contributed by atoms with Crippen molar-refractivity contribution in [3.8, 4) is 5.88 Å². The molecule has 0 aliphatic heterocycles. The first-order valence-corrected chi connectivity index (χ1v) is 7.23. The lowest BCUT2D eigenvalue weighted by molar-refractivity contribution is 0.290. The first kappa shape index (κ1) is 15.5. The summed E-state index contributed by atoms with van der Waals surface area (Å²) in [4.78, 5) is 8.81. The van der Waals surface area contributed by atoms with Gasteiger partial charge in [-0.25, -0.2) is 10.8 Å². The summed E-state index contributed by atoms with van der Waals surface area (Å²) in [6.45, 7) is 4.37. The van der Waals surface area contributed by atoms with E-state index in [1.165, 1.54) is 0 Å². The Bertz CT molecular complexity index is 601. The van der Waals surface area contributed by atoms with Crippen molar-refractivity contribution < 1.29 is 4.74 Å². The molecule has 2 rings (SSSR count). The summed E-state index contributed by atoms with van der Waals surface area (Å²) in [6.07, 6.45) is 1.75. The van der Waals surface area contributed by atoms with E-state index in [4.69, 9.17) is 22.2 Å². The minimum absolute atomic E-state index is 0.421. The van der Waals surface area contributed by atoms with Crippen LogP contribution in [-0.2, 0) is 13.0 Å². The number of hydrogen-bond acceptors (Lipinski definition) is 5. The Morgan fingerprint density at radius 1 is 1.24 bits per heavy atom. The Hall–Kier alpha value is -1.85. The van der Waals surface area contributed by atoms with Gasteiger partial charge in [-0.3, -0.25) is 0 Å². The number of nitrogen functional groups attached to an aromatic ring is 1. The van der Waals surface area contributed by atoms with E-state index >= 15 is 0 Å². The minimum atomic E-state index is 0.421. The largest absolute Gasteiger partial charge is 0.472 e. The van der Waals surface area contributed by atoms with E-state index in [0.29, 0.717) is 23.3 Å². The van der Waals surface area contributed by atoms with Crippen LogP contribution in [0.1, 0.15) is 30.3 Å². The molecule has 112 valence electrons. The van der Waals surface area contributed by atoms with Crippen molar-refractivity contribution in [1.82, 2.24) is 9.97 Å². The predicted octanol–water partition coefficient (Wildman–Crippen LogP) is 3.26. The molecule has 0 bridgehead atoms. The third kappa shape index (κ3) is 4.06. The number of hydrazine groups is 1. The molecule has 21 heavy (non-hydrogen) atoms. The van der Waals surface area contributed by atoms with Crippen LogP contribution in [0, 0.1) is 6.92 Å². The molecule has 6 heteroatoms. The number of anilines is 1. The van der Waals surface area contributed by atoms with Crippen molar-refractivity contribution in [2.24, 2.45) is 5.84 Å². The standard InChI is InChI=1S/C15H19ClN4O/c1-3-4-13-18-14(20-17)10(2)15(19-13)21-9-11-5-7-12(16)8-6-11/h5-8H,3-4,9,17H2,1-2H3,(H,18,19,20). The van der Waals surface area contributed by atoms with Crippen LogP contribution in [0.15, 0.2) is 24.3 Å². The molecule has 3 N–H and O–H groups in total. The molecule has 5 nitrogen and oxygen atoms in total. The number of aromatic nitrogens is 2. The number of hydrogen-bond donors (Lipinski definition) is 2. The Labute approximate surface area is 129 Å². The maximum atomic E-state index is 5.87. The summed E-state index contributed by atoms with van der Waals surface area (Å²) in [6, 6.07) is 7.52. The number of nitrogens with one attached hydrogen (secondary N) is 1. The zero-order valence-corrected chi connectivity index (χ0v) is 12.9.